The minimum absolute atomic E-state index is 0.0812. The summed E-state index contributed by atoms with van der Waals surface area (Å²) in [6, 6.07) is 6.26. The first-order valence-corrected chi connectivity index (χ1v) is 10.1. The number of aryl methyl sites for hydroxylation is 2. The van der Waals surface area contributed by atoms with Gasteiger partial charge in [-0.1, -0.05) is 12.1 Å². The highest BCUT2D eigenvalue weighted by molar-refractivity contribution is 6.08. The summed E-state index contributed by atoms with van der Waals surface area (Å²) in [4.78, 5) is 31.0. The van der Waals surface area contributed by atoms with E-state index in [4.69, 9.17) is 4.98 Å². The number of carbonyl (C=O) groups is 1. The summed E-state index contributed by atoms with van der Waals surface area (Å²) in [6.07, 6.45) is 5.66. The lowest BCUT2D eigenvalue weighted by atomic mass is 9.99. The Balaban J connectivity index is 1.89. The number of rotatable bonds is 3. The third-order valence-corrected chi connectivity index (χ3v) is 5.88. The van der Waals surface area contributed by atoms with Crippen molar-refractivity contribution >= 4 is 22.8 Å². The number of aromatic nitrogens is 3. The molecule has 1 aromatic carbocycles. The number of hydrogen-bond donors (Lipinski definition) is 0. The average Bonchev–Trinajstić information content (AvgIpc) is 3.15. The first-order valence-electron chi connectivity index (χ1n) is 10.1. The smallest absolute Gasteiger partial charge is 0.254 e. The van der Waals surface area contributed by atoms with Crippen LogP contribution >= 0.6 is 0 Å². The van der Waals surface area contributed by atoms with Gasteiger partial charge in [0.1, 0.15) is 0 Å². The van der Waals surface area contributed by atoms with Crippen molar-refractivity contribution in [3.8, 4) is 11.3 Å². The highest BCUT2D eigenvalue weighted by atomic mass is 16.2. The second kappa shape index (κ2) is 7.43. The number of hydrogen-bond acceptors (Lipinski definition) is 5. The largest absolute Gasteiger partial charge is 0.347 e. The van der Waals surface area contributed by atoms with Gasteiger partial charge in [-0.25, -0.2) is 15.0 Å². The molecule has 0 unspecified atom stereocenters. The van der Waals surface area contributed by atoms with Crippen LogP contribution in [-0.2, 0) is 0 Å². The van der Waals surface area contributed by atoms with Gasteiger partial charge in [0.05, 0.1) is 16.8 Å². The fourth-order valence-corrected chi connectivity index (χ4v) is 3.93. The maximum atomic E-state index is 13.5. The Morgan fingerprint density at radius 2 is 1.90 bits per heavy atom. The van der Waals surface area contributed by atoms with E-state index in [-0.39, 0.29) is 11.9 Å². The van der Waals surface area contributed by atoms with Gasteiger partial charge in [-0.2, -0.15) is 0 Å². The van der Waals surface area contributed by atoms with Crippen LogP contribution in [0.15, 0.2) is 30.6 Å². The summed E-state index contributed by atoms with van der Waals surface area (Å²) in [5.41, 5.74) is 5.37. The monoisotopic (exact) mass is 389 g/mol. The highest BCUT2D eigenvalue weighted by Crippen LogP contribution is 2.30. The van der Waals surface area contributed by atoms with E-state index in [9.17, 15) is 4.79 Å². The van der Waals surface area contributed by atoms with Gasteiger partial charge >= 0.3 is 0 Å². The predicted molar refractivity (Wildman–Crippen MR) is 116 cm³/mol. The van der Waals surface area contributed by atoms with Crippen LogP contribution in [0.4, 0.5) is 5.95 Å². The molecule has 6 nitrogen and oxygen atoms in total. The molecule has 0 aliphatic carbocycles. The molecule has 1 aliphatic rings. The van der Waals surface area contributed by atoms with Crippen molar-refractivity contribution < 1.29 is 4.79 Å². The molecule has 29 heavy (non-hydrogen) atoms. The number of anilines is 1. The van der Waals surface area contributed by atoms with Gasteiger partial charge in [-0.3, -0.25) is 4.79 Å². The first-order chi connectivity index (χ1) is 13.9. The van der Waals surface area contributed by atoms with Crippen LogP contribution in [0.1, 0.15) is 41.3 Å². The first kappa shape index (κ1) is 19.3. The van der Waals surface area contributed by atoms with Gasteiger partial charge < -0.3 is 9.80 Å². The van der Waals surface area contributed by atoms with Crippen LogP contribution in [-0.4, -0.2) is 52.4 Å². The third kappa shape index (κ3) is 3.43. The van der Waals surface area contributed by atoms with Crippen molar-refractivity contribution in [2.24, 2.45) is 0 Å². The maximum absolute atomic E-state index is 13.5. The molecule has 0 N–H and O–H groups in total. The zero-order chi connectivity index (χ0) is 20.7. The molecule has 150 valence electrons. The highest BCUT2D eigenvalue weighted by Gasteiger charge is 2.28. The Bertz CT molecular complexity index is 1070. The van der Waals surface area contributed by atoms with Crippen molar-refractivity contribution in [3.05, 3.63) is 47.3 Å². The number of amides is 1. The molecule has 2 aromatic heterocycles. The van der Waals surface area contributed by atoms with Gasteiger partial charge in [0.15, 0.2) is 0 Å². The van der Waals surface area contributed by atoms with Gasteiger partial charge in [-0.15, -0.1) is 0 Å². The number of carbonyl (C=O) groups excluding carboxylic acids is 1. The van der Waals surface area contributed by atoms with Crippen molar-refractivity contribution in [2.75, 3.05) is 25.5 Å². The molecule has 1 fully saturated rings. The van der Waals surface area contributed by atoms with Crippen LogP contribution in [0.25, 0.3) is 22.2 Å². The lowest BCUT2D eigenvalue weighted by Crippen LogP contribution is -2.33. The lowest BCUT2D eigenvalue weighted by molar-refractivity contribution is 0.0749. The molecule has 1 saturated heterocycles. The van der Waals surface area contributed by atoms with Crippen molar-refractivity contribution in [1.29, 1.82) is 0 Å². The Hall–Kier alpha value is -3.02. The van der Waals surface area contributed by atoms with Crippen LogP contribution in [0.5, 0.6) is 0 Å². The molecule has 4 rings (SSSR count). The number of nitrogens with zero attached hydrogens (tertiary/aromatic N) is 5. The summed E-state index contributed by atoms with van der Waals surface area (Å²) in [5, 5.41) is 0.909. The standard InChI is InChI=1S/C23H27N5O/c1-14-8-9-18-19(22(29)28-10-6-7-15(28)2)11-20(26-21(18)16(14)3)17-12-24-23(25-13-17)27(4)5/h8-9,11-13,15H,6-7,10H2,1-5H3/t15-/m1/s1. The summed E-state index contributed by atoms with van der Waals surface area (Å²) in [7, 11) is 3.81. The van der Waals surface area contributed by atoms with Crippen molar-refractivity contribution in [2.45, 2.75) is 39.7 Å². The molecule has 0 saturated carbocycles. The van der Waals surface area contributed by atoms with E-state index in [1.54, 1.807) is 12.4 Å². The van der Waals surface area contributed by atoms with E-state index in [2.05, 4.69) is 36.8 Å². The molecule has 3 aromatic rings. The average molecular weight is 390 g/mol. The van der Waals surface area contributed by atoms with Crippen molar-refractivity contribution in [1.82, 2.24) is 19.9 Å². The molecular weight excluding hydrogens is 362 g/mol. The van der Waals surface area contributed by atoms with Gasteiger partial charge in [0, 0.05) is 50.0 Å². The Morgan fingerprint density at radius 1 is 1.17 bits per heavy atom. The van der Waals surface area contributed by atoms with Gasteiger partial charge in [0.2, 0.25) is 5.95 Å². The second-order valence-corrected chi connectivity index (χ2v) is 8.11. The van der Waals surface area contributed by atoms with E-state index in [0.717, 1.165) is 52.7 Å². The summed E-state index contributed by atoms with van der Waals surface area (Å²) >= 11 is 0. The summed E-state index contributed by atoms with van der Waals surface area (Å²) in [5.74, 6) is 0.724. The molecule has 6 heteroatoms. The van der Waals surface area contributed by atoms with Gasteiger partial charge in [-0.05, 0) is 50.8 Å². The molecule has 0 bridgehead atoms. The minimum Gasteiger partial charge on any atom is -0.347 e. The zero-order valence-electron chi connectivity index (χ0n) is 17.7. The van der Waals surface area contributed by atoms with Crippen LogP contribution in [0, 0.1) is 13.8 Å². The van der Waals surface area contributed by atoms with Gasteiger partial charge in [0.25, 0.3) is 5.91 Å². The van der Waals surface area contributed by atoms with Crippen molar-refractivity contribution in [3.63, 3.8) is 0 Å². The minimum atomic E-state index is 0.0812. The Kier molecular flexibility index (Phi) is 4.94. The number of fused-ring (bicyclic) bond motifs is 1. The molecule has 1 aliphatic heterocycles. The maximum Gasteiger partial charge on any atom is 0.254 e. The molecule has 3 heterocycles. The van der Waals surface area contributed by atoms with Crippen LogP contribution < -0.4 is 4.90 Å². The Morgan fingerprint density at radius 3 is 2.52 bits per heavy atom. The number of pyridine rings is 1. The lowest BCUT2D eigenvalue weighted by Gasteiger charge is -2.23. The second-order valence-electron chi connectivity index (χ2n) is 8.11. The van der Waals surface area contributed by atoms with E-state index >= 15 is 0 Å². The number of benzene rings is 1. The Labute approximate surface area is 171 Å². The molecule has 1 atom stereocenters. The number of likely N-dealkylation sites (tertiary alicyclic amines) is 1. The summed E-state index contributed by atoms with van der Waals surface area (Å²) < 4.78 is 0. The molecular formula is C23H27N5O. The predicted octanol–water partition coefficient (Wildman–Crippen LogP) is 4.00. The quantitative estimate of drug-likeness (QED) is 0.678. The zero-order valence-corrected chi connectivity index (χ0v) is 17.7. The molecule has 0 spiro atoms. The van der Waals surface area contributed by atoms with E-state index in [0.29, 0.717) is 11.5 Å². The topological polar surface area (TPSA) is 62.2 Å². The molecule has 1 amide bonds. The molecule has 0 radical (unpaired) electrons. The van der Waals surface area contributed by atoms with E-state index in [1.807, 2.05) is 36.0 Å². The van der Waals surface area contributed by atoms with E-state index in [1.165, 1.54) is 0 Å². The van der Waals surface area contributed by atoms with Crippen LogP contribution in [0.3, 0.4) is 0 Å². The fraction of sp³-hybridized carbons (Fsp3) is 0.391. The third-order valence-electron chi connectivity index (χ3n) is 5.88. The SMILES string of the molecule is Cc1ccc2c(C(=O)N3CCC[C@H]3C)cc(-c3cnc(N(C)C)nc3)nc2c1C. The summed E-state index contributed by atoms with van der Waals surface area (Å²) in [6.45, 7) is 7.07. The normalized spacial score (nSPS) is 16.4. The van der Waals surface area contributed by atoms with Crippen LogP contribution in [0.2, 0.25) is 0 Å². The fourth-order valence-electron chi connectivity index (χ4n) is 3.93. The van der Waals surface area contributed by atoms with E-state index < -0.39 is 0 Å².